The SMILES string of the molecule is CCON=CCCO[PH+]=O.[H-].[Na+]. The van der Waals surface area contributed by atoms with Gasteiger partial charge in [0.25, 0.3) is 0 Å². The van der Waals surface area contributed by atoms with Crippen LogP contribution in [0.25, 0.3) is 0 Å². The Morgan fingerprint density at radius 3 is 3.00 bits per heavy atom. The normalized spacial score (nSPS) is 9.91. The average Bonchev–Trinajstić information content (AvgIpc) is 1.97. The molecule has 11 heavy (non-hydrogen) atoms. The summed E-state index contributed by atoms with van der Waals surface area (Å²) in [5.41, 5.74) is 0. The molecule has 0 spiro atoms. The summed E-state index contributed by atoms with van der Waals surface area (Å²) in [4.78, 5) is 4.65. The Bertz CT molecular complexity index is 117. The van der Waals surface area contributed by atoms with Crippen LogP contribution in [0.1, 0.15) is 14.8 Å². The molecule has 0 aliphatic heterocycles. The molecule has 0 aromatic heterocycles. The minimum atomic E-state index is -0.683. The Morgan fingerprint density at radius 2 is 2.45 bits per heavy atom. The van der Waals surface area contributed by atoms with E-state index in [1.54, 1.807) is 6.21 Å². The van der Waals surface area contributed by atoms with E-state index in [9.17, 15) is 4.57 Å². The van der Waals surface area contributed by atoms with Gasteiger partial charge in [0.15, 0.2) is 0 Å². The van der Waals surface area contributed by atoms with Gasteiger partial charge < -0.3 is 6.26 Å². The van der Waals surface area contributed by atoms with E-state index in [1.807, 2.05) is 6.92 Å². The zero-order chi connectivity index (χ0) is 7.66. The van der Waals surface area contributed by atoms with Crippen LogP contribution in [0.2, 0.25) is 0 Å². The first-order valence-electron chi connectivity index (χ1n) is 3.04. The zero-order valence-electron chi connectivity index (χ0n) is 7.87. The monoisotopic (exact) mass is 188 g/mol. The fourth-order valence-electron chi connectivity index (χ4n) is 0.333. The number of hydrogen-bond donors (Lipinski definition) is 0. The van der Waals surface area contributed by atoms with E-state index >= 15 is 0 Å². The molecule has 4 nitrogen and oxygen atoms in total. The molecular weight excluding hydrogens is 176 g/mol. The summed E-state index contributed by atoms with van der Waals surface area (Å²) >= 11 is 0. The van der Waals surface area contributed by atoms with Crippen LogP contribution in [0.4, 0.5) is 0 Å². The molecule has 0 aliphatic rings. The molecule has 0 bridgehead atoms. The molecule has 1 atom stereocenters. The summed E-state index contributed by atoms with van der Waals surface area (Å²) in [7, 11) is -0.683. The van der Waals surface area contributed by atoms with Crippen LogP contribution in [-0.2, 0) is 13.9 Å². The number of nitrogens with zero attached hydrogens (tertiary/aromatic N) is 1. The molecule has 0 heterocycles. The summed E-state index contributed by atoms with van der Waals surface area (Å²) < 4.78 is 14.3. The fraction of sp³-hybridized carbons (Fsp3) is 0.800. The predicted molar refractivity (Wildman–Crippen MR) is 40.8 cm³/mol. The first-order valence-corrected chi connectivity index (χ1v) is 3.86. The summed E-state index contributed by atoms with van der Waals surface area (Å²) in [5, 5.41) is 3.56. The van der Waals surface area contributed by atoms with E-state index in [0.29, 0.717) is 19.6 Å². The van der Waals surface area contributed by atoms with E-state index in [-0.39, 0.29) is 31.0 Å². The quantitative estimate of drug-likeness (QED) is 0.167. The second kappa shape index (κ2) is 13.1. The third-order valence-electron chi connectivity index (χ3n) is 0.686. The molecule has 0 N–H and O–H groups in total. The van der Waals surface area contributed by atoms with Gasteiger partial charge in [0.05, 0.1) is 0 Å². The van der Waals surface area contributed by atoms with Gasteiger partial charge in [-0.05, 0) is 11.5 Å². The average molecular weight is 188 g/mol. The van der Waals surface area contributed by atoms with Crippen molar-refractivity contribution in [2.75, 3.05) is 13.2 Å². The van der Waals surface area contributed by atoms with E-state index < -0.39 is 8.69 Å². The molecule has 0 saturated carbocycles. The van der Waals surface area contributed by atoms with Gasteiger partial charge in [0.2, 0.25) is 0 Å². The largest absolute Gasteiger partial charge is 1.00 e. The topological polar surface area (TPSA) is 47.9 Å². The molecular formula is C5H12NNaO3P+. The van der Waals surface area contributed by atoms with Crippen molar-refractivity contribution in [1.82, 2.24) is 0 Å². The fourth-order valence-corrected chi connectivity index (χ4v) is 0.534. The maximum atomic E-state index is 9.75. The van der Waals surface area contributed by atoms with E-state index in [0.717, 1.165) is 0 Å². The standard InChI is InChI=1S/C5H11NO3P.Na.H/c1-2-8-6-4-3-5-9-10-7;;/h4,10H,2-3,5H2,1H3;;/q2*+1;-1. The minimum Gasteiger partial charge on any atom is -1.00 e. The van der Waals surface area contributed by atoms with E-state index in [1.165, 1.54) is 0 Å². The molecule has 0 aromatic rings. The van der Waals surface area contributed by atoms with Crippen LogP contribution in [0.15, 0.2) is 5.16 Å². The Labute approximate surface area is 91.4 Å². The van der Waals surface area contributed by atoms with Gasteiger partial charge in [-0.3, -0.25) is 0 Å². The molecule has 0 fully saturated rings. The molecule has 0 radical (unpaired) electrons. The van der Waals surface area contributed by atoms with Crippen LogP contribution in [0, 0.1) is 0 Å². The summed E-state index contributed by atoms with van der Waals surface area (Å²) in [6, 6.07) is 0. The second-order valence-electron chi connectivity index (χ2n) is 1.43. The summed E-state index contributed by atoms with van der Waals surface area (Å²) in [5.74, 6) is 0. The van der Waals surface area contributed by atoms with Crippen molar-refractivity contribution in [1.29, 1.82) is 0 Å². The van der Waals surface area contributed by atoms with Crippen molar-refractivity contribution in [3.05, 3.63) is 0 Å². The third kappa shape index (κ3) is 13.5. The smallest absolute Gasteiger partial charge is 1.00 e. The Kier molecular flexibility index (Phi) is 16.8. The van der Waals surface area contributed by atoms with Crippen molar-refractivity contribution in [3.8, 4) is 0 Å². The number of rotatable bonds is 6. The first kappa shape index (κ1) is 14.1. The summed E-state index contributed by atoms with van der Waals surface area (Å²) in [6.45, 7) is 2.85. The minimum absolute atomic E-state index is 0. The predicted octanol–water partition coefficient (Wildman–Crippen LogP) is -1.53. The Balaban J connectivity index is -0.000000405. The Morgan fingerprint density at radius 1 is 1.73 bits per heavy atom. The van der Waals surface area contributed by atoms with Crippen LogP contribution in [0.3, 0.4) is 0 Å². The summed E-state index contributed by atoms with van der Waals surface area (Å²) in [6.07, 6.45) is 2.22. The van der Waals surface area contributed by atoms with Gasteiger partial charge in [-0.2, -0.15) is 0 Å². The van der Waals surface area contributed by atoms with Crippen molar-refractivity contribution in [2.45, 2.75) is 13.3 Å². The third-order valence-corrected chi connectivity index (χ3v) is 1.01. The number of oxime groups is 1. The molecule has 6 heteroatoms. The molecule has 0 aromatic carbocycles. The molecule has 1 unspecified atom stereocenters. The first-order chi connectivity index (χ1) is 4.91. The molecule has 0 aliphatic carbocycles. The van der Waals surface area contributed by atoms with Crippen LogP contribution < -0.4 is 29.6 Å². The van der Waals surface area contributed by atoms with Gasteiger partial charge in [0, 0.05) is 12.6 Å². The number of hydrogen-bond acceptors (Lipinski definition) is 4. The van der Waals surface area contributed by atoms with Crippen molar-refractivity contribution < 1.29 is 44.9 Å². The molecule has 60 valence electrons. The van der Waals surface area contributed by atoms with Crippen molar-refractivity contribution in [2.24, 2.45) is 5.16 Å². The van der Waals surface area contributed by atoms with Crippen LogP contribution in [0.5, 0.6) is 0 Å². The van der Waals surface area contributed by atoms with Gasteiger partial charge >= 0.3 is 38.2 Å². The second-order valence-corrected chi connectivity index (χ2v) is 1.88. The van der Waals surface area contributed by atoms with Crippen molar-refractivity contribution in [3.63, 3.8) is 0 Å². The molecule has 0 rings (SSSR count). The van der Waals surface area contributed by atoms with Gasteiger partial charge in [-0.25, -0.2) is 0 Å². The molecule has 0 amide bonds. The maximum absolute atomic E-state index is 9.75. The van der Waals surface area contributed by atoms with Crippen molar-refractivity contribution >= 4 is 14.9 Å². The van der Waals surface area contributed by atoms with Gasteiger partial charge in [-0.1, -0.05) is 5.16 Å². The molecule has 0 saturated heterocycles. The van der Waals surface area contributed by atoms with Gasteiger partial charge in [-0.15, -0.1) is 4.52 Å². The van der Waals surface area contributed by atoms with Gasteiger partial charge in [0.1, 0.15) is 13.2 Å². The van der Waals surface area contributed by atoms with Crippen LogP contribution in [-0.4, -0.2) is 19.4 Å². The van der Waals surface area contributed by atoms with E-state index in [2.05, 4.69) is 14.5 Å². The van der Waals surface area contributed by atoms with Crippen LogP contribution >= 0.6 is 8.69 Å². The van der Waals surface area contributed by atoms with E-state index in [4.69, 9.17) is 0 Å². The maximum Gasteiger partial charge on any atom is 1.00 e. The Hall–Kier alpha value is 0.530. The zero-order valence-corrected chi connectivity index (χ0v) is 9.87.